The lowest BCUT2D eigenvalue weighted by Gasteiger charge is -2.36. The summed E-state index contributed by atoms with van der Waals surface area (Å²) in [6, 6.07) is 7.02. The molecule has 140 valence electrons. The highest BCUT2D eigenvalue weighted by atomic mass is 16.7. The van der Waals surface area contributed by atoms with Crippen molar-refractivity contribution in [2.45, 2.75) is 32.7 Å². The second kappa shape index (κ2) is 7.97. The SMILES string of the molecule is CC(C)N1CCN(CCCC(=O)ON2C(=O)c3ccccc3C2=O)CC1. The first kappa shape index (κ1) is 18.5. The van der Waals surface area contributed by atoms with Gasteiger partial charge in [-0.05, 0) is 38.9 Å². The van der Waals surface area contributed by atoms with Crippen LogP contribution < -0.4 is 0 Å². The minimum absolute atomic E-state index is 0.178. The van der Waals surface area contributed by atoms with Gasteiger partial charge < -0.3 is 9.74 Å². The summed E-state index contributed by atoms with van der Waals surface area (Å²) in [4.78, 5) is 46.1. The fourth-order valence-electron chi connectivity index (χ4n) is 3.35. The quantitative estimate of drug-likeness (QED) is 0.718. The van der Waals surface area contributed by atoms with Crippen LogP contribution in [0.15, 0.2) is 24.3 Å². The van der Waals surface area contributed by atoms with Crippen LogP contribution in [0.3, 0.4) is 0 Å². The predicted molar refractivity (Wildman–Crippen MR) is 95.4 cm³/mol. The van der Waals surface area contributed by atoms with E-state index in [1.807, 2.05) is 0 Å². The summed E-state index contributed by atoms with van der Waals surface area (Å²) in [6.07, 6.45) is 0.821. The number of carbonyl (C=O) groups excluding carboxylic acids is 3. The van der Waals surface area contributed by atoms with E-state index in [-0.39, 0.29) is 17.5 Å². The number of benzene rings is 1. The van der Waals surface area contributed by atoms with E-state index in [2.05, 4.69) is 23.6 Å². The Labute approximate surface area is 153 Å². The number of hydrogen-bond donors (Lipinski definition) is 0. The van der Waals surface area contributed by atoms with Crippen LogP contribution in [-0.4, -0.2) is 71.4 Å². The Morgan fingerprint density at radius 3 is 2.15 bits per heavy atom. The molecule has 1 aromatic rings. The van der Waals surface area contributed by atoms with Crippen LogP contribution in [0.25, 0.3) is 0 Å². The zero-order chi connectivity index (χ0) is 18.7. The van der Waals surface area contributed by atoms with Gasteiger partial charge in [0.1, 0.15) is 0 Å². The van der Waals surface area contributed by atoms with Crippen molar-refractivity contribution in [2.24, 2.45) is 0 Å². The number of carbonyl (C=O) groups is 3. The van der Waals surface area contributed by atoms with Gasteiger partial charge in [0.25, 0.3) is 11.8 Å². The Bertz CT molecular complexity index is 661. The van der Waals surface area contributed by atoms with Gasteiger partial charge in [-0.3, -0.25) is 14.5 Å². The van der Waals surface area contributed by atoms with Gasteiger partial charge in [-0.2, -0.15) is 0 Å². The van der Waals surface area contributed by atoms with Crippen molar-refractivity contribution in [3.63, 3.8) is 0 Å². The third-order valence-corrected chi connectivity index (χ3v) is 4.94. The Hall–Kier alpha value is -2.25. The van der Waals surface area contributed by atoms with Gasteiger partial charge in [-0.15, -0.1) is 0 Å². The van der Waals surface area contributed by atoms with Crippen LogP contribution in [0, 0.1) is 0 Å². The highest BCUT2D eigenvalue weighted by Crippen LogP contribution is 2.22. The average Bonchev–Trinajstić information content (AvgIpc) is 2.87. The van der Waals surface area contributed by atoms with E-state index >= 15 is 0 Å². The van der Waals surface area contributed by atoms with Gasteiger partial charge >= 0.3 is 5.97 Å². The van der Waals surface area contributed by atoms with Gasteiger partial charge in [0.2, 0.25) is 0 Å². The molecule has 7 heteroatoms. The molecule has 2 aliphatic rings. The highest BCUT2D eigenvalue weighted by Gasteiger charge is 2.38. The van der Waals surface area contributed by atoms with Crippen molar-refractivity contribution in [1.82, 2.24) is 14.9 Å². The number of fused-ring (bicyclic) bond motifs is 1. The molecule has 7 nitrogen and oxygen atoms in total. The van der Waals surface area contributed by atoms with E-state index in [0.29, 0.717) is 17.5 Å². The second-order valence-corrected chi connectivity index (χ2v) is 6.99. The summed E-state index contributed by atoms with van der Waals surface area (Å²) in [6.45, 7) is 9.27. The third-order valence-electron chi connectivity index (χ3n) is 4.94. The monoisotopic (exact) mass is 359 g/mol. The molecule has 0 atom stereocenters. The van der Waals surface area contributed by atoms with Crippen LogP contribution in [0.4, 0.5) is 0 Å². The molecule has 0 bridgehead atoms. The molecule has 0 aliphatic carbocycles. The lowest BCUT2D eigenvalue weighted by molar-refractivity contribution is -0.168. The largest absolute Gasteiger partial charge is 0.333 e. The van der Waals surface area contributed by atoms with Crippen molar-refractivity contribution in [3.8, 4) is 0 Å². The topological polar surface area (TPSA) is 70.2 Å². The molecule has 0 spiro atoms. The fraction of sp³-hybridized carbons (Fsp3) is 0.526. The van der Waals surface area contributed by atoms with Crippen molar-refractivity contribution in [1.29, 1.82) is 0 Å². The van der Waals surface area contributed by atoms with Gasteiger partial charge in [0.05, 0.1) is 11.1 Å². The summed E-state index contributed by atoms with van der Waals surface area (Å²) in [5.41, 5.74) is 0.543. The summed E-state index contributed by atoms with van der Waals surface area (Å²) in [5.74, 6) is -1.71. The van der Waals surface area contributed by atoms with E-state index in [1.54, 1.807) is 24.3 Å². The zero-order valence-corrected chi connectivity index (χ0v) is 15.3. The van der Waals surface area contributed by atoms with E-state index < -0.39 is 17.8 Å². The molecule has 3 rings (SSSR count). The number of hydrogen-bond acceptors (Lipinski definition) is 6. The lowest BCUT2D eigenvalue weighted by atomic mass is 10.1. The molecular formula is C19H25N3O4. The van der Waals surface area contributed by atoms with E-state index in [9.17, 15) is 14.4 Å². The minimum Gasteiger partial charge on any atom is -0.330 e. The number of hydroxylamine groups is 2. The Morgan fingerprint density at radius 2 is 1.62 bits per heavy atom. The highest BCUT2D eigenvalue weighted by molar-refractivity contribution is 6.20. The molecule has 0 saturated carbocycles. The second-order valence-electron chi connectivity index (χ2n) is 6.99. The van der Waals surface area contributed by atoms with Gasteiger partial charge in [-0.25, -0.2) is 4.79 Å². The van der Waals surface area contributed by atoms with Crippen LogP contribution >= 0.6 is 0 Å². The molecule has 0 N–H and O–H groups in total. The number of imide groups is 1. The molecule has 26 heavy (non-hydrogen) atoms. The molecule has 1 saturated heterocycles. The number of rotatable bonds is 6. The van der Waals surface area contributed by atoms with Crippen LogP contribution in [0.2, 0.25) is 0 Å². The predicted octanol–water partition coefficient (Wildman–Crippen LogP) is 1.55. The maximum Gasteiger partial charge on any atom is 0.333 e. The molecular weight excluding hydrogens is 334 g/mol. The minimum atomic E-state index is -0.580. The average molecular weight is 359 g/mol. The molecule has 2 amide bonds. The Morgan fingerprint density at radius 1 is 1.04 bits per heavy atom. The Kier molecular flexibility index (Phi) is 5.68. The van der Waals surface area contributed by atoms with Gasteiger partial charge in [0.15, 0.2) is 0 Å². The molecule has 1 fully saturated rings. The maximum absolute atomic E-state index is 12.2. The van der Waals surface area contributed by atoms with E-state index in [1.165, 1.54) is 0 Å². The Balaban J connectivity index is 1.42. The maximum atomic E-state index is 12.2. The molecule has 0 unspecified atom stereocenters. The normalized spacial score (nSPS) is 18.5. The standard InChI is InChI=1S/C19H25N3O4/c1-14(2)21-12-10-20(11-13-21)9-5-8-17(23)26-22-18(24)15-6-3-4-7-16(15)19(22)25/h3-4,6-7,14H,5,8-13H2,1-2H3. The summed E-state index contributed by atoms with van der Waals surface area (Å²) >= 11 is 0. The first-order valence-corrected chi connectivity index (χ1v) is 9.12. The van der Waals surface area contributed by atoms with Crippen LogP contribution in [0.1, 0.15) is 47.4 Å². The van der Waals surface area contributed by atoms with E-state index in [0.717, 1.165) is 32.7 Å². The van der Waals surface area contributed by atoms with Crippen molar-refractivity contribution < 1.29 is 19.2 Å². The first-order valence-electron chi connectivity index (χ1n) is 9.12. The molecule has 2 aliphatic heterocycles. The molecule has 1 aromatic carbocycles. The van der Waals surface area contributed by atoms with Gasteiger partial charge in [0, 0.05) is 38.6 Å². The van der Waals surface area contributed by atoms with Crippen LogP contribution in [0.5, 0.6) is 0 Å². The number of nitrogens with zero attached hydrogens (tertiary/aromatic N) is 3. The number of amides is 2. The third kappa shape index (κ3) is 3.94. The fourth-order valence-corrected chi connectivity index (χ4v) is 3.35. The van der Waals surface area contributed by atoms with Crippen molar-refractivity contribution in [2.75, 3.05) is 32.7 Å². The summed E-state index contributed by atoms with van der Waals surface area (Å²) in [5, 5.41) is 0.578. The van der Waals surface area contributed by atoms with Crippen LogP contribution in [-0.2, 0) is 9.63 Å². The molecule has 0 radical (unpaired) electrons. The first-order chi connectivity index (χ1) is 12.5. The smallest absolute Gasteiger partial charge is 0.330 e. The van der Waals surface area contributed by atoms with Crippen molar-refractivity contribution >= 4 is 17.8 Å². The molecule has 2 heterocycles. The lowest BCUT2D eigenvalue weighted by Crippen LogP contribution is -2.49. The van der Waals surface area contributed by atoms with Gasteiger partial charge in [-0.1, -0.05) is 17.2 Å². The number of piperazine rings is 1. The molecule has 0 aromatic heterocycles. The summed E-state index contributed by atoms with van der Waals surface area (Å²) in [7, 11) is 0. The zero-order valence-electron chi connectivity index (χ0n) is 15.3. The van der Waals surface area contributed by atoms with E-state index in [4.69, 9.17) is 4.84 Å². The van der Waals surface area contributed by atoms with Crippen molar-refractivity contribution in [3.05, 3.63) is 35.4 Å². The summed E-state index contributed by atoms with van der Waals surface area (Å²) < 4.78 is 0.